The van der Waals surface area contributed by atoms with E-state index in [1.807, 2.05) is 36.4 Å². The Morgan fingerprint density at radius 1 is 1.67 bits per heavy atom. The van der Waals surface area contributed by atoms with E-state index in [1.54, 1.807) is 8.98 Å². The molecule has 1 atom stereocenters. The molecule has 4 nitrogen and oxygen atoms in total. The zero-order chi connectivity index (χ0) is 11.6. The van der Waals surface area contributed by atoms with Crippen molar-refractivity contribution in [3.8, 4) is 0 Å². The first-order valence-corrected chi connectivity index (χ1v) is 6.00. The van der Waals surface area contributed by atoms with Crippen molar-refractivity contribution in [1.82, 2.24) is 4.90 Å². The molecule has 0 bridgehead atoms. The van der Waals surface area contributed by atoms with Crippen LogP contribution in [0.4, 0.5) is 0 Å². The number of hydrogen-bond donors (Lipinski definition) is 0. The molecule has 0 N–H and O–H groups in total. The van der Waals surface area contributed by atoms with Crippen molar-refractivity contribution in [2.45, 2.75) is 26.8 Å². The van der Waals surface area contributed by atoms with E-state index in [2.05, 4.69) is 0 Å². The van der Waals surface area contributed by atoms with E-state index in [4.69, 9.17) is 4.74 Å². The van der Waals surface area contributed by atoms with Crippen LogP contribution in [-0.4, -0.2) is 29.4 Å². The maximum atomic E-state index is 11.7. The first kappa shape index (κ1) is 12.5. The Hall–Kier alpha value is -0.590. The van der Waals surface area contributed by atoms with Crippen LogP contribution in [0.2, 0.25) is 0 Å². The van der Waals surface area contributed by atoms with E-state index >= 15 is 0 Å². The summed E-state index contributed by atoms with van der Waals surface area (Å²) in [6.07, 6.45) is 0. The number of ether oxygens (including phenoxy) is 1. The van der Waals surface area contributed by atoms with E-state index in [0.29, 0.717) is 12.3 Å². The van der Waals surface area contributed by atoms with Crippen molar-refractivity contribution >= 4 is 34.5 Å². The molecule has 1 fully saturated rings. The van der Waals surface area contributed by atoms with Gasteiger partial charge in [-0.2, -0.15) is 0 Å². The summed E-state index contributed by atoms with van der Waals surface area (Å²) < 4.78 is 6.79. The predicted octanol–water partition coefficient (Wildman–Crippen LogP) is 1.69. The van der Waals surface area contributed by atoms with Gasteiger partial charge < -0.3 is 9.64 Å². The lowest BCUT2D eigenvalue weighted by Crippen LogP contribution is -2.52. The van der Waals surface area contributed by atoms with Crippen molar-refractivity contribution in [3.05, 3.63) is 9.84 Å². The molecule has 1 aliphatic heterocycles. The van der Waals surface area contributed by atoms with Crippen LogP contribution in [0.25, 0.3) is 0 Å². The van der Waals surface area contributed by atoms with Crippen molar-refractivity contribution in [1.29, 1.82) is 0 Å². The highest BCUT2D eigenvalue weighted by atomic mass is 127. The molecule has 0 aromatic heterocycles. The summed E-state index contributed by atoms with van der Waals surface area (Å²) in [5.74, 6) is 0.167. The second-order valence-corrected chi connectivity index (χ2v) is 4.46. The van der Waals surface area contributed by atoms with Gasteiger partial charge in [0.05, 0.1) is 6.54 Å². The summed E-state index contributed by atoms with van der Waals surface area (Å²) in [5.41, 5.74) is 0. The molecule has 15 heavy (non-hydrogen) atoms. The minimum Gasteiger partial charge on any atom is -0.427 e. The second kappa shape index (κ2) is 4.96. The zero-order valence-corrected chi connectivity index (χ0v) is 11.1. The summed E-state index contributed by atoms with van der Waals surface area (Å²) in [4.78, 5) is 24.6. The van der Waals surface area contributed by atoms with Gasteiger partial charge in [0.2, 0.25) is 5.91 Å². The van der Waals surface area contributed by atoms with Crippen LogP contribution in [-0.2, 0) is 14.3 Å². The molecule has 0 aromatic carbocycles. The number of esters is 1. The number of carbonyl (C=O) groups excluding carboxylic acids is 2. The predicted molar refractivity (Wildman–Crippen MR) is 64.2 cm³/mol. The zero-order valence-electron chi connectivity index (χ0n) is 8.99. The second-order valence-electron chi connectivity index (χ2n) is 3.83. The lowest BCUT2D eigenvalue weighted by Gasteiger charge is -2.36. The third-order valence-electron chi connectivity index (χ3n) is 2.29. The standard InChI is InChI=1S/C10H14INO3/c1-6(2)9-10(14)15-8(4-11)5-12(9)7(3)13/h4,6,9H,5H2,1-3H3/b8-4+. The van der Waals surface area contributed by atoms with Crippen molar-refractivity contribution in [3.63, 3.8) is 0 Å². The number of amides is 1. The lowest BCUT2D eigenvalue weighted by atomic mass is 10.0. The Balaban J connectivity index is 2.96. The van der Waals surface area contributed by atoms with E-state index in [1.165, 1.54) is 6.92 Å². The normalized spacial score (nSPS) is 24.6. The Bertz CT molecular complexity index is 312. The van der Waals surface area contributed by atoms with Gasteiger partial charge in [-0.05, 0) is 28.5 Å². The Morgan fingerprint density at radius 2 is 2.27 bits per heavy atom. The van der Waals surface area contributed by atoms with Crippen molar-refractivity contribution < 1.29 is 14.3 Å². The van der Waals surface area contributed by atoms with Crippen LogP contribution in [0.15, 0.2) is 9.84 Å². The SMILES string of the molecule is CC(=O)N1C/C(=C\I)OC(=O)C1C(C)C. The Morgan fingerprint density at radius 3 is 2.67 bits per heavy atom. The molecule has 0 aromatic rings. The van der Waals surface area contributed by atoms with Gasteiger partial charge in [0.15, 0.2) is 0 Å². The van der Waals surface area contributed by atoms with E-state index < -0.39 is 6.04 Å². The molecule has 0 aliphatic carbocycles. The number of carbonyl (C=O) groups is 2. The highest BCUT2D eigenvalue weighted by molar-refractivity contribution is 14.1. The minimum absolute atomic E-state index is 0.0668. The molecule has 1 unspecified atom stereocenters. The number of halogens is 1. The highest BCUT2D eigenvalue weighted by Crippen LogP contribution is 2.22. The molecular formula is C10H14INO3. The third kappa shape index (κ3) is 2.70. The summed E-state index contributed by atoms with van der Waals surface area (Å²) >= 11 is 2.00. The van der Waals surface area contributed by atoms with Crippen LogP contribution in [0.5, 0.6) is 0 Å². The van der Waals surface area contributed by atoms with E-state index in [9.17, 15) is 9.59 Å². The molecule has 0 spiro atoms. The minimum atomic E-state index is -0.456. The van der Waals surface area contributed by atoms with Gasteiger partial charge >= 0.3 is 5.97 Å². The summed E-state index contributed by atoms with van der Waals surface area (Å²) in [5, 5.41) is 0. The fourth-order valence-electron chi connectivity index (χ4n) is 1.61. The maximum absolute atomic E-state index is 11.7. The van der Waals surface area contributed by atoms with E-state index in [-0.39, 0.29) is 17.8 Å². The molecule has 0 radical (unpaired) electrons. The number of rotatable bonds is 1. The Kier molecular flexibility index (Phi) is 4.12. The van der Waals surface area contributed by atoms with Crippen molar-refractivity contribution in [2.75, 3.05) is 6.54 Å². The van der Waals surface area contributed by atoms with Gasteiger partial charge in [0, 0.05) is 11.0 Å². The van der Waals surface area contributed by atoms with E-state index in [0.717, 1.165) is 0 Å². The summed E-state index contributed by atoms with van der Waals surface area (Å²) in [6.45, 7) is 5.66. The average Bonchev–Trinajstić information content (AvgIpc) is 2.15. The number of hydrogen-bond acceptors (Lipinski definition) is 3. The lowest BCUT2D eigenvalue weighted by molar-refractivity contribution is -0.159. The molecule has 84 valence electrons. The maximum Gasteiger partial charge on any atom is 0.334 e. The monoisotopic (exact) mass is 323 g/mol. The number of nitrogens with zero attached hydrogens (tertiary/aromatic N) is 1. The number of cyclic esters (lactones) is 1. The van der Waals surface area contributed by atoms with Gasteiger partial charge in [0.25, 0.3) is 0 Å². The molecule has 1 heterocycles. The van der Waals surface area contributed by atoms with Gasteiger partial charge in [-0.1, -0.05) is 13.8 Å². The largest absolute Gasteiger partial charge is 0.427 e. The first-order valence-electron chi connectivity index (χ1n) is 4.75. The van der Waals surface area contributed by atoms with Crippen LogP contribution in [0.1, 0.15) is 20.8 Å². The Labute approximate surface area is 103 Å². The molecule has 0 saturated carbocycles. The number of morpholine rings is 1. The molecule has 1 amide bonds. The third-order valence-corrected chi connectivity index (χ3v) is 2.99. The van der Waals surface area contributed by atoms with Gasteiger partial charge in [-0.25, -0.2) is 4.79 Å². The fraction of sp³-hybridized carbons (Fsp3) is 0.600. The highest BCUT2D eigenvalue weighted by Gasteiger charge is 2.37. The first-order chi connectivity index (χ1) is 6.97. The van der Waals surface area contributed by atoms with Crippen LogP contribution >= 0.6 is 22.6 Å². The van der Waals surface area contributed by atoms with Gasteiger partial charge in [-0.15, -0.1) is 0 Å². The molecule has 1 rings (SSSR count). The topological polar surface area (TPSA) is 46.6 Å². The van der Waals surface area contributed by atoms with Crippen LogP contribution in [0, 0.1) is 5.92 Å². The summed E-state index contributed by atoms with van der Waals surface area (Å²) in [6, 6.07) is -0.456. The molecular weight excluding hydrogens is 309 g/mol. The van der Waals surface area contributed by atoms with Crippen molar-refractivity contribution in [2.24, 2.45) is 5.92 Å². The van der Waals surface area contributed by atoms with Crippen LogP contribution < -0.4 is 0 Å². The molecule has 5 heteroatoms. The molecule has 1 saturated heterocycles. The quantitative estimate of drug-likeness (QED) is 0.545. The summed E-state index contributed by atoms with van der Waals surface area (Å²) in [7, 11) is 0. The average molecular weight is 323 g/mol. The van der Waals surface area contributed by atoms with Crippen LogP contribution in [0.3, 0.4) is 0 Å². The van der Waals surface area contributed by atoms with Gasteiger partial charge in [-0.3, -0.25) is 4.79 Å². The molecule has 1 aliphatic rings. The smallest absolute Gasteiger partial charge is 0.334 e. The van der Waals surface area contributed by atoms with Gasteiger partial charge in [0.1, 0.15) is 11.8 Å². The fourth-order valence-corrected chi connectivity index (χ4v) is 1.94.